The summed E-state index contributed by atoms with van der Waals surface area (Å²) in [6.45, 7) is 4.13. The van der Waals surface area contributed by atoms with Crippen molar-refractivity contribution >= 4 is 5.78 Å². The second kappa shape index (κ2) is 4.54. The van der Waals surface area contributed by atoms with Crippen LogP contribution in [0.5, 0.6) is 5.75 Å². The van der Waals surface area contributed by atoms with Gasteiger partial charge >= 0.3 is 0 Å². The standard InChI is InChI=1S/C17H16O2/c1-11-6-5-7-12(2)17(11)16-10-14(18)13-8-3-4-9-15(13)19-16/h3-9,16H,10H2,1-2H3. The molecule has 1 unspecified atom stereocenters. The summed E-state index contributed by atoms with van der Waals surface area (Å²) in [6.07, 6.45) is 0.256. The molecule has 2 aromatic rings. The van der Waals surface area contributed by atoms with Gasteiger partial charge in [-0.3, -0.25) is 4.79 Å². The van der Waals surface area contributed by atoms with Gasteiger partial charge in [-0.05, 0) is 42.7 Å². The van der Waals surface area contributed by atoms with Crippen LogP contribution in [0, 0.1) is 13.8 Å². The van der Waals surface area contributed by atoms with Crippen LogP contribution in [-0.2, 0) is 0 Å². The van der Waals surface area contributed by atoms with Gasteiger partial charge in [0.2, 0.25) is 0 Å². The van der Waals surface area contributed by atoms with E-state index in [2.05, 4.69) is 26.0 Å². The molecule has 0 aliphatic carbocycles. The van der Waals surface area contributed by atoms with Crippen LogP contribution in [0.15, 0.2) is 42.5 Å². The molecule has 1 aliphatic heterocycles. The molecule has 19 heavy (non-hydrogen) atoms. The van der Waals surface area contributed by atoms with E-state index < -0.39 is 0 Å². The van der Waals surface area contributed by atoms with Gasteiger partial charge in [-0.15, -0.1) is 0 Å². The lowest BCUT2D eigenvalue weighted by Gasteiger charge is -2.27. The minimum atomic E-state index is -0.163. The lowest BCUT2D eigenvalue weighted by Crippen LogP contribution is -2.21. The predicted octanol–water partition coefficient (Wildman–Crippen LogP) is 4.01. The van der Waals surface area contributed by atoms with Gasteiger partial charge in [-0.25, -0.2) is 0 Å². The van der Waals surface area contributed by atoms with Crippen molar-refractivity contribution in [3.05, 3.63) is 64.7 Å². The zero-order valence-electron chi connectivity index (χ0n) is 11.1. The van der Waals surface area contributed by atoms with E-state index in [9.17, 15) is 4.79 Å². The Balaban J connectivity index is 2.04. The highest BCUT2D eigenvalue weighted by Crippen LogP contribution is 2.36. The van der Waals surface area contributed by atoms with Gasteiger partial charge < -0.3 is 4.74 Å². The third-order valence-electron chi connectivity index (χ3n) is 3.69. The van der Waals surface area contributed by atoms with Crippen LogP contribution in [-0.4, -0.2) is 5.78 Å². The molecule has 0 fully saturated rings. The number of ketones is 1. The number of fused-ring (bicyclic) bond motifs is 1. The lowest BCUT2D eigenvalue weighted by atomic mass is 9.91. The van der Waals surface area contributed by atoms with Crippen LogP contribution in [0.1, 0.15) is 39.6 Å². The number of hydrogen-bond donors (Lipinski definition) is 0. The van der Waals surface area contributed by atoms with Crippen molar-refractivity contribution in [3.8, 4) is 5.75 Å². The van der Waals surface area contributed by atoms with E-state index in [1.165, 1.54) is 11.1 Å². The van der Waals surface area contributed by atoms with Gasteiger partial charge in [0.25, 0.3) is 0 Å². The number of rotatable bonds is 1. The number of carbonyl (C=O) groups is 1. The average molecular weight is 252 g/mol. The third kappa shape index (κ3) is 2.03. The lowest BCUT2D eigenvalue weighted by molar-refractivity contribution is 0.0849. The zero-order valence-corrected chi connectivity index (χ0v) is 11.1. The molecule has 0 aromatic heterocycles. The maximum absolute atomic E-state index is 12.2. The summed E-state index contributed by atoms with van der Waals surface area (Å²) in [5.74, 6) is 0.862. The summed E-state index contributed by atoms with van der Waals surface area (Å²) < 4.78 is 6.03. The van der Waals surface area contributed by atoms with E-state index in [1.807, 2.05) is 30.3 Å². The summed E-state index contributed by atoms with van der Waals surface area (Å²) in [7, 11) is 0. The highest BCUT2D eigenvalue weighted by Gasteiger charge is 2.28. The number of para-hydroxylation sites is 1. The van der Waals surface area contributed by atoms with Crippen molar-refractivity contribution < 1.29 is 9.53 Å². The fourth-order valence-corrected chi connectivity index (χ4v) is 2.77. The normalized spacial score (nSPS) is 17.8. The van der Waals surface area contributed by atoms with Gasteiger partial charge in [0.1, 0.15) is 11.9 Å². The summed E-state index contributed by atoms with van der Waals surface area (Å²) in [6, 6.07) is 13.6. The fourth-order valence-electron chi connectivity index (χ4n) is 2.77. The minimum Gasteiger partial charge on any atom is -0.484 e. The van der Waals surface area contributed by atoms with Gasteiger partial charge in [-0.2, -0.15) is 0 Å². The summed E-state index contributed by atoms with van der Waals surface area (Å²) >= 11 is 0. The SMILES string of the molecule is Cc1cccc(C)c1C1CC(=O)c2ccccc2O1. The quantitative estimate of drug-likeness (QED) is 0.766. The topological polar surface area (TPSA) is 26.3 Å². The first-order valence-electron chi connectivity index (χ1n) is 6.52. The largest absolute Gasteiger partial charge is 0.484 e. The van der Waals surface area contributed by atoms with Crippen LogP contribution in [0.2, 0.25) is 0 Å². The molecule has 1 heterocycles. The Hall–Kier alpha value is -2.09. The number of ether oxygens (including phenoxy) is 1. The molecule has 0 bridgehead atoms. The Morgan fingerprint density at radius 3 is 2.42 bits per heavy atom. The van der Waals surface area contributed by atoms with Crippen molar-refractivity contribution in [2.24, 2.45) is 0 Å². The van der Waals surface area contributed by atoms with E-state index in [0.717, 1.165) is 5.56 Å². The molecule has 0 spiro atoms. The monoisotopic (exact) mass is 252 g/mol. The van der Waals surface area contributed by atoms with Gasteiger partial charge in [0, 0.05) is 0 Å². The first-order valence-corrected chi connectivity index (χ1v) is 6.52. The zero-order chi connectivity index (χ0) is 13.4. The summed E-state index contributed by atoms with van der Waals surface area (Å²) in [5.41, 5.74) is 4.20. The Kier molecular flexibility index (Phi) is 2.86. The smallest absolute Gasteiger partial charge is 0.170 e. The molecule has 1 aliphatic rings. The van der Waals surface area contributed by atoms with Crippen LogP contribution in [0.4, 0.5) is 0 Å². The Bertz CT molecular complexity index is 623. The van der Waals surface area contributed by atoms with Crippen molar-refractivity contribution in [3.63, 3.8) is 0 Å². The first kappa shape index (κ1) is 12.0. The number of benzene rings is 2. The fraction of sp³-hybridized carbons (Fsp3) is 0.235. The van der Waals surface area contributed by atoms with Crippen LogP contribution in [0.3, 0.4) is 0 Å². The molecule has 0 saturated heterocycles. The Labute approximate surface area is 113 Å². The Morgan fingerprint density at radius 2 is 1.68 bits per heavy atom. The van der Waals surface area contributed by atoms with Crippen LogP contribution in [0.25, 0.3) is 0 Å². The molecule has 2 nitrogen and oxygen atoms in total. The second-order valence-electron chi connectivity index (χ2n) is 5.04. The number of aryl methyl sites for hydroxylation is 2. The highest BCUT2D eigenvalue weighted by atomic mass is 16.5. The predicted molar refractivity (Wildman–Crippen MR) is 74.7 cm³/mol. The van der Waals surface area contributed by atoms with Crippen LogP contribution >= 0.6 is 0 Å². The second-order valence-corrected chi connectivity index (χ2v) is 5.04. The molecule has 0 saturated carbocycles. The van der Waals surface area contributed by atoms with E-state index in [1.54, 1.807) is 0 Å². The van der Waals surface area contributed by atoms with Crippen LogP contribution < -0.4 is 4.74 Å². The Morgan fingerprint density at radius 1 is 1.00 bits per heavy atom. The number of carbonyl (C=O) groups excluding carboxylic acids is 1. The third-order valence-corrected chi connectivity index (χ3v) is 3.69. The summed E-state index contributed by atoms with van der Waals surface area (Å²) in [5, 5.41) is 0. The average Bonchev–Trinajstić information content (AvgIpc) is 2.38. The van der Waals surface area contributed by atoms with Crippen molar-refractivity contribution in [1.29, 1.82) is 0 Å². The molecule has 96 valence electrons. The van der Waals surface area contributed by atoms with Gasteiger partial charge in [0.15, 0.2) is 5.78 Å². The first-order chi connectivity index (χ1) is 9.16. The molecule has 3 rings (SSSR count). The number of hydrogen-bond acceptors (Lipinski definition) is 2. The van der Waals surface area contributed by atoms with E-state index >= 15 is 0 Å². The molecule has 0 amide bonds. The van der Waals surface area contributed by atoms with Gasteiger partial charge in [0.05, 0.1) is 12.0 Å². The molecular formula is C17H16O2. The van der Waals surface area contributed by atoms with Crippen molar-refractivity contribution in [2.75, 3.05) is 0 Å². The molecule has 0 radical (unpaired) electrons. The molecular weight excluding hydrogens is 236 g/mol. The minimum absolute atomic E-state index is 0.162. The van der Waals surface area contributed by atoms with E-state index in [0.29, 0.717) is 17.7 Å². The maximum Gasteiger partial charge on any atom is 0.170 e. The molecule has 2 heteroatoms. The molecule has 0 N–H and O–H groups in total. The van der Waals surface area contributed by atoms with E-state index in [-0.39, 0.29) is 11.9 Å². The molecule has 2 aromatic carbocycles. The van der Waals surface area contributed by atoms with Gasteiger partial charge in [-0.1, -0.05) is 30.3 Å². The number of Topliss-reactive ketones (excluding diaryl/α,β-unsaturated/α-hetero) is 1. The maximum atomic E-state index is 12.2. The van der Waals surface area contributed by atoms with E-state index in [4.69, 9.17) is 4.74 Å². The highest BCUT2D eigenvalue weighted by molar-refractivity contribution is 6.00. The van der Waals surface area contributed by atoms with Crippen molar-refractivity contribution in [2.45, 2.75) is 26.4 Å². The summed E-state index contributed by atoms with van der Waals surface area (Å²) in [4.78, 5) is 12.2. The van der Waals surface area contributed by atoms with Crippen molar-refractivity contribution in [1.82, 2.24) is 0 Å². The molecule has 1 atom stereocenters.